The molecule has 0 saturated carbocycles. The summed E-state index contributed by atoms with van der Waals surface area (Å²) in [5, 5.41) is 0. The van der Waals surface area contributed by atoms with Crippen molar-refractivity contribution in [1.29, 1.82) is 0 Å². The van der Waals surface area contributed by atoms with E-state index in [4.69, 9.17) is 32.4 Å². The van der Waals surface area contributed by atoms with E-state index in [9.17, 15) is 0 Å². The van der Waals surface area contributed by atoms with Gasteiger partial charge in [-0.15, -0.1) is 0 Å². The molecule has 10 heteroatoms. The summed E-state index contributed by atoms with van der Waals surface area (Å²) in [6, 6.07) is 15.4. The van der Waals surface area contributed by atoms with Crippen molar-refractivity contribution in [1.82, 2.24) is 19.9 Å². The lowest BCUT2D eigenvalue weighted by atomic mass is 10.0. The second-order valence-corrected chi connectivity index (χ2v) is 8.38. The maximum Gasteiger partial charge on any atom is 0.222 e. The van der Waals surface area contributed by atoms with E-state index >= 15 is 0 Å². The lowest BCUT2D eigenvalue weighted by Crippen LogP contribution is -2.07. The van der Waals surface area contributed by atoms with Crippen LogP contribution in [0.5, 0.6) is 11.5 Å². The first-order valence-electron chi connectivity index (χ1n) is 12.2. The monoisotopic (exact) mass is 500 g/mol. The summed E-state index contributed by atoms with van der Waals surface area (Å²) in [6.45, 7) is 5.05. The predicted molar refractivity (Wildman–Crippen MR) is 147 cm³/mol. The zero-order chi connectivity index (χ0) is 26.4. The second kappa shape index (κ2) is 11.4. The molecule has 0 bridgehead atoms. The number of nitrogen functional groups attached to an aromatic ring is 4. The topological polar surface area (TPSA) is 174 Å². The largest absolute Gasteiger partial charge is 0.493 e. The fraction of sp³-hybridized carbons (Fsp3) is 0.259. The number of aromatic nitrogens is 4. The molecule has 10 nitrogen and oxygen atoms in total. The number of anilines is 4. The zero-order valence-electron chi connectivity index (χ0n) is 21.1. The maximum atomic E-state index is 6.10. The van der Waals surface area contributed by atoms with Crippen molar-refractivity contribution < 1.29 is 9.47 Å². The van der Waals surface area contributed by atoms with Crippen molar-refractivity contribution in [2.45, 2.75) is 33.1 Å². The minimum absolute atomic E-state index is 0.183. The van der Waals surface area contributed by atoms with Gasteiger partial charge in [-0.2, -0.15) is 9.97 Å². The molecule has 0 radical (unpaired) electrons. The number of nitrogens with two attached hydrogens (primary N) is 4. The van der Waals surface area contributed by atoms with Gasteiger partial charge in [0, 0.05) is 17.5 Å². The summed E-state index contributed by atoms with van der Waals surface area (Å²) < 4.78 is 11.7. The van der Waals surface area contributed by atoms with E-state index in [1.807, 2.05) is 62.4 Å². The van der Waals surface area contributed by atoms with E-state index in [0.29, 0.717) is 37.7 Å². The Bertz CT molecular complexity index is 1250. The van der Waals surface area contributed by atoms with Gasteiger partial charge in [-0.05, 0) is 48.2 Å². The predicted octanol–water partition coefficient (Wildman–Crippen LogP) is 3.90. The lowest BCUT2D eigenvalue weighted by molar-refractivity contribution is 0.247. The van der Waals surface area contributed by atoms with Crippen molar-refractivity contribution >= 4 is 23.5 Å². The van der Waals surface area contributed by atoms with E-state index in [1.165, 1.54) is 0 Å². The highest BCUT2D eigenvalue weighted by atomic mass is 16.5. The van der Waals surface area contributed by atoms with E-state index < -0.39 is 0 Å². The number of aryl methyl sites for hydroxylation is 2. The molecule has 0 aliphatic carbocycles. The van der Waals surface area contributed by atoms with Crippen molar-refractivity contribution in [3.05, 3.63) is 59.9 Å². The summed E-state index contributed by atoms with van der Waals surface area (Å²) >= 11 is 0. The minimum atomic E-state index is 0.183. The molecule has 0 aliphatic rings. The van der Waals surface area contributed by atoms with E-state index in [0.717, 1.165) is 51.6 Å². The highest BCUT2D eigenvalue weighted by Gasteiger charge is 2.14. The third kappa shape index (κ3) is 5.97. The van der Waals surface area contributed by atoms with Crippen molar-refractivity contribution in [3.63, 3.8) is 0 Å². The first kappa shape index (κ1) is 25.5. The smallest absolute Gasteiger partial charge is 0.222 e. The molecule has 0 aliphatic heterocycles. The molecule has 2 heterocycles. The average Bonchev–Trinajstić information content (AvgIpc) is 2.88. The van der Waals surface area contributed by atoms with Crippen LogP contribution in [0.25, 0.3) is 22.3 Å². The molecule has 4 rings (SSSR count). The van der Waals surface area contributed by atoms with Gasteiger partial charge in [-0.25, -0.2) is 9.97 Å². The molecule has 192 valence electrons. The van der Waals surface area contributed by atoms with Crippen LogP contribution in [0.4, 0.5) is 23.5 Å². The number of ether oxygens (including phenoxy) is 2. The van der Waals surface area contributed by atoms with Crippen LogP contribution >= 0.6 is 0 Å². The molecule has 8 N–H and O–H groups in total. The molecule has 0 fully saturated rings. The van der Waals surface area contributed by atoms with E-state index in [-0.39, 0.29) is 11.9 Å². The number of hydrogen-bond acceptors (Lipinski definition) is 10. The van der Waals surface area contributed by atoms with Crippen LogP contribution in [-0.4, -0.2) is 33.1 Å². The van der Waals surface area contributed by atoms with E-state index in [2.05, 4.69) is 19.9 Å². The molecule has 0 atom stereocenters. The molecular formula is C27H32N8O2. The molecule has 0 saturated heterocycles. The molecule has 37 heavy (non-hydrogen) atoms. The molecule has 2 aromatic heterocycles. The quantitative estimate of drug-likeness (QED) is 0.234. The first-order valence-corrected chi connectivity index (χ1v) is 12.2. The second-order valence-electron chi connectivity index (χ2n) is 8.38. The summed E-state index contributed by atoms with van der Waals surface area (Å²) in [5.41, 5.74) is 28.8. The van der Waals surface area contributed by atoms with Gasteiger partial charge in [-0.3, -0.25) is 0 Å². The molecule has 2 aromatic carbocycles. The van der Waals surface area contributed by atoms with Crippen molar-refractivity contribution in [3.8, 4) is 33.8 Å². The number of benzene rings is 2. The summed E-state index contributed by atoms with van der Waals surface area (Å²) in [6.07, 6.45) is 2.13. The highest BCUT2D eigenvalue weighted by molar-refractivity contribution is 5.78. The average molecular weight is 501 g/mol. The van der Waals surface area contributed by atoms with Crippen LogP contribution in [0.15, 0.2) is 48.5 Å². The van der Waals surface area contributed by atoms with Gasteiger partial charge < -0.3 is 32.4 Å². The first-order chi connectivity index (χ1) is 17.9. The van der Waals surface area contributed by atoms with Gasteiger partial charge in [0.05, 0.1) is 24.6 Å². The minimum Gasteiger partial charge on any atom is -0.493 e. The molecule has 0 spiro atoms. The van der Waals surface area contributed by atoms with Crippen molar-refractivity contribution in [2.75, 3.05) is 36.1 Å². The van der Waals surface area contributed by atoms with Gasteiger partial charge in [0.2, 0.25) is 11.9 Å². The lowest BCUT2D eigenvalue weighted by Gasteiger charge is -2.13. The Labute approximate surface area is 216 Å². The maximum absolute atomic E-state index is 6.10. The van der Waals surface area contributed by atoms with Crippen LogP contribution in [0.3, 0.4) is 0 Å². The van der Waals surface area contributed by atoms with Gasteiger partial charge in [0.15, 0.2) is 0 Å². The Morgan fingerprint density at radius 2 is 0.946 bits per heavy atom. The van der Waals surface area contributed by atoms with Crippen molar-refractivity contribution in [2.24, 2.45) is 0 Å². The van der Waals surface area contributed by atoms with Gasteiger partial charge in [0.25, 0.3) is 0 Å². The number of rotatable bonds is 10. The fourth-order valence-corrected chi connectivity index (χ4v) is 4.11. The van der Waals surface area contributed by atoms with E-state index in [1.54, 1.807) is 0 Å². The number of hydrogen-bond donors (Lipinski definition) is 4. The SMILES string of the molecule is CCc1nc(N)nc(N)c1-c1ccc(OCCCOc2ccc(-c3c(N)nc(N)nc3CC)cc2)cc1. The fourth-order valence-electron chi connectivity index (χ4n) is 4.11. The Morgan fingerprint density at radius 1 is 0.568 bits per heavy atom. The van der Waals surface area contributed by atoms with Gasteiger partial charge in [0.1, 0.15) is 23.1 Å². The molecular weight excluding hydrogens is 468 g/mol. The van der Waals surface area contributed by atoms with Crippen LogP contribution in [0.2, 0.25) is 0 Å². The summed E-state index contributed by atoms with van der Waals surface area (Å²) in [7, 11) is 0. The normalized spacial score (nSPS) is 10.9. The molecule has 0 amide bonds. The van der Waals surface area contributed by atoms with Gasteiger partial charge >= 0.3 is 0 Å². The molecule has 0 unspecified atom stereocenters. The van der Waals surface area contributed by atoms with Gasteiger partial charge in [-0.1, -0.05) is 38.1 Å². The van der Waals surface area contributed by atoms with Crippen LogP contribution in [0, 0.1) is 0 Å². The standard InChI is InChI=1S/C27H32N8O2/c1-3-20-22(24(28)34-26(30)32-20)16-6-10-18(11-7-16)36-14-5-15-37-19-12-8-17(9-13-19)23-21(4-2)33-27(31)35-25(23)29/h6-13H,3-5,14-15H2,1-2H3,(H4,28,30,32,34)(H4,29,31,33,35). The zero-order valence-corrected chi connectivity index (χ0v) is 21.1. The summed E-state index contributed by atoms with van der Waals surface area (Å²) in [4.78, 5) is 16.8. The van der Waals surface area contributed by atoms with Crippen LogP contribution in [0.1, 0.15) is 31.7 Å². The third-order valence-electron chi connectivity index (χ3n) is 5.84. The van der Waals surface area contributed by atoms with Crippen LogP contribution in [-0.2, 0) is 12.8 Å². The summed E-state index contributed by atoms with van der Waals surface area (Å²) in [5.74, 6) is 2.64. The Morgan fingerprint density at radius 3 is 1.30 bits per heavy atom. The van der Waals surface area contributed by atoms with Crippen LogP contribution < -0.4 is 32.4 Å². The Kier molecular flexibility index (Phi) is 7.87. The highest BCUT2D eigenvalue weighted by Crippen LogP contribution is 2.31. The number of nitrogens with zero attached hydrogens (tertiary/aromatic N) is 4. The molecule has 4 aromatic rings. The Balaban J connectivity index is 1.28. The Hall–Kier alpha value is -4.60. The third-order valence-corrected chi connectivity index (χ3v) is 5.84.